The second-order valence-electron chi connectivity index (χ2n) is 5.77. The summed E-state index contributed by atoms with van der Waals surface area (Å²) in [5, 5.41) is 2.93. The first-order valence-electron chi connectivity index (χ1n) is 8.93. The highest BCUT2D eigenvalue weighted by Crippen LogP contribution is 2.24. The first kappa shape index (κ1) is 18.8. The first-order valence-corrected chi connectivity index (χ1v) is 8.93. The van der Waals surface area contributed by atoms with Crippen molar-refractivity contribution < 1.29 is 9.53 Å². The van der Waals surface area contributed by atoms with E-state index in [0.717, 1.165) is 31.7 Å². The molecule has 25 heavy (non-hydrogen) atoms. The topological polar surface area (TPSA) is 54.5 Å². The minimum absolute atomic E-state index is 0.163. The van der Waals surface area contributed by atoms with E-state index >= 15 is 0 Å². The Morgan fingerprint density at radius 2 is 1.84 bits per heavy atom. The van der Waals surface area contributed by atoms with Crippen molar-refractivity contribution in [3.8, 4) is 5.75 Å². The molecule has 0 saturated carbocycles. The molecule has 1 N–H and O–H groups in total. The number of aromatic nitrogens is 1. The van der Waals surface area contributed by atoms with E-state index in [4.69, 9.17) is 4.74 Å². The van der Waals surface area contributed by atoms with Gasteiger partial charge in [-0.25, -0.2) is 4.98 Å². The Balaban J connectivity index is 2.18. The van der Waals surface area contributed by atoms with Crippen LogP contribution in [0.3, 0.4) is 0 Å². The molecule has 0 bridgehead atoms. The van der Waals surface area contributed by atoms with Crippen molar-refractivity contribution >= 4 is 17.4 Å². The second-order valence-corrected chi connectivity index (χ2v) is 5.77. The van der Waals surface area contributed by atoms with Crippen LogP contribution < -0.4 is 15.0 Å². The van der Waals surface area contributed by atoms with E-state index < -0.39 is 0 Å². The SMILES string of the molecule is CCCN(CCC)c1cc(C(=O)Nc2ccccc2OCC)ccn1. The van der Waals surface area contributed by atoms with Crippen molar-refractivity contribution in [1.82, 2.24) is 4.98 Å². The summed E-state index contributed by atoms with van der Waals surface area (Å²) in [6.07, 6.45) is 3.77. The van der Waals surface area contributed by atoms with Gasteiger partial charge in [0.25, 0.3) is 5.91 Å². The Hall–Kier alpha value is -2.56. The Bertz CT molecular complexity index is 682. The molecule has 0 aliphatic rings. The zero-order valence-corrected chi connectivity index (χ0v) is 15.3. The maximum Gasteiger partial charge on any atom is 0.255 e. The van der Waals surface area contributed by atoms with Crippen molar-refractivity contribution in [3.05, 3.63) is 48.2 Å². The standard InChI is InChI=1S/C20H27N3O2/c1-4-13-23(14-5-2)19-15-16(11-12-21-19)20(24)22-17-9-7-8-10-18(17)25-6-3/h7-12,15H,4-6,13-14H2,1-3H3,(H,22,24). The molecule has 0 aliphatic carbocycles. The second kappa shape index (κ2) is 9.67. The predicted octanol–water partition coefficient (Wildman–Crippen LogP) is 4.36. The lowest BCUT2D eigenvalue weighted by molar-refractivity contribution is 0.102. The summed E-state index contributed by atoms with van der Waals surface area (Å²) in [5.41, 5.74) is 1.26. The summed E-state index contributed by atoms with van der Waals surface area (Å²) < 4.78 is 5.56. The Kier molecular flexibility index (Phi) is 7.26. The molecule has 1 heterocycles. The molecule has 0 radical (unpaired) electrons. The van der Waals surface area contributed by atoms with E-state index in [2.05, 4.69) is 29.0 Å². The number of hydrogen-bond donors (Lipinski definition) is 1. The Morgan fingerprint density at radius 3 is 2.52 bits per heavy atom. The van der Waals surface area contributed by atoms with Gasteiger partial charge in [-0.1, -0.05) is 26.0 Å². The Labute approximate surface area is 150 Å². The number of hydrogen-bond acceptors (Lipinski definition) is 4. The van der Waals surface area contributed by atoms with Crippen LogP contribution in [0.25, 0.3) is 0 Å². The molecule has 1 amide bonds. The molecule has 134 valence electrons. The number of anilines is 2. The average Bonchev–Trinajstić information content (AvgIpc) is 2.63. The van der Waals surface area contributed by atoms with Gasteiger partial charge in [0.2, 0.25) is 0 Å². The van der Waals surface area contributed by atoms with E-state index in [9.17, 15) is 4.79 Å². The summed E-state index contributed by atoms with van der Waals surface area (Å²) in [5.74, 6) is 1.35. The van der Waals surface area contributed by atoms with Gasteiger partial charge in [0.05, 0.1) is 12.3 Å². The van der Waals surface area contributed by atoms with Gasteiger partial charge in [-0.05, 0) is 44.0 Å². The lowest BCUT2D eigenvalue weighted by atomic mass is 10.2. The zero-order valence-electron chi connectivity index (χ0n) is 15.3. The molecule has 2 aromatic rings. The van der Waals surface area contributed by atoms with Crippen LogP contribution in [0.2, 0.25) is 0 Å². The van der Waals surface area contributed by atoms with Crippen molar-refractivity contribution in [2.75, 3.05) is 29.9 Å². The van der Waals surface area contributed by atoms with Crippen LogP contribution >= 0.6 is 0 Å². The molecule has 0 saturated heterocycles. The van der Waals surface area contributed by atoms with Gasteiger partial charge in [0.1, 0.15) is 11.6 Å². The average molecular weight is 341 g/mol. The number of nitrogens with one attached hydrogen (secondary N) is 1. The molecule has 0 unspecified atom stereocenters. The van der Waals surface area contributed by atoms with Gasteiger partial charge >= 0.3 is 0 Å². The fraction of sp³-hybridized carbons (Fsp3) is 0.400. The number of ether oxygens (including phenoxy) is 1. The van der Waals surface area contributed by atoms with Crippen LogP contribution in [-0.2, 0) is 0 Å². The number of amides is 1. The quantitative estimate of drug-likeness (QED) is 0.736. The molecule has 1 aromatic carbocycles. The van der Waals surface area contributed by atoms with Crippen LogP contribution in [0.5, 0.6) is 5.75 Å². The van der Waals surface area contributed by atoms with Gasteiger partial charge in [-0.3, -0.25) is 4.79 Å². The van der Waals surface area contributed by atoms with Crippen LogP contribution in [0.15, 0.2) is 42.6 Å². The molecule has 0 spiro atoms. The van der Waals surface area contributed by atoms with Gasteiger partial charge in [-0.2, -0.15) is 0 Å². The molecule has 2 rings (SSSR count). The van der Waals surface area contributed by atoms with Crippen LogP contribution in [0.1, 0.15) is 44.0 Å². The van der Waals surface area contributed by atoms with E-state index in [-0.39, 0.29) is 5.91 Å². The largest absolute Gasteiger partial charge is 0.492 e. The predicted molar refractivity (Wildman–Crippen MR) is 103 cm³/mol. The molecule has 0 atom stereocenters. The smallest absolute Gasteiger partial charge is 0.255 e. The normalized spacial score (nSPS) is 10.4. The number of carbonyl (C=O) groups excluding carboxylic acids is 1. The van der Waals surface area contributed by atoms with E-state index in [1.807, 2.05) is 37.3 Å². The molecule has 0 fully saturated rings. The summed E-state index contributed by atoms with van der Waals surface area (Å²) in [6.45, 7) is 8.62. The van der Waals surface area contributed by atoms with E-state index in [1.165, 1.54) is 0 Å². The number of nitrogens with zero attached hydrogens (tertiary/aromatic N) is 2. The summed E-state index contributed by atoms with van der Waals surface area (Å²) >= 11 is 0. The molecular formula is C20H27N3O2. The lowest BCUT2D eigenvalue weighted by Gasteiger charge is -2.22. The summed E-state index contributed by atoms with van der Waals surface area (Å²) in [4.78, 5) is 19.3. The number of para-hydroxylation sites is 2. The third kappa shape index (κ3) is 5.21. The maximum atomic E-state index is 12.6. The monoisotopic (exact) mass is 341 g/mol. The highest BCUT2D eigenvalue weighted by Gasteiger charge is 2.13. The highest BCUT2D eigenvalue weighted by molar-refractivity contribution is 6.05. The van der Waals surface area contributed by atoms with E-state index in [0.29, 0.717) is 23.6 Å². The fourth-order valence-electron chi connectivity index (χ4n) is 2.66. The zero-order chi connectivity index (χ0) is 18.1. The van der Waals surface area contributed by atoms with Crippen molar-refractivity contribution in [3.63, 3.8) is 0 Å². The van der Waals surface area contributed by atoms with Gasteiger partial charge < -0.3 is 15.0 Å². The van der Waals surface area contributed by atoms with Crippen molar-refractivity contribution in [1.29, 1.82) is 0 Å². The molecular weight excluding hydrogens is 314 g/mol. The van der Waals surface area contributed by atoms with E-state index in [1.54, 1.807) is 12.3 Å². The highest BCUT2D eigenvalue weighted by atomic mass is 16.5. The minimum Gasteiger partial charge on any atom is -0.492 e. The van der Waals surface area contributed by atoms with Gasteiger partial charge in [-0.15, -0.1) is 0 Å². The van der Waals surface area contributed by atoms with Crippen molar-refractivity contribution in [2.24, 2.45) is 0 Å². The van der Waals surface area contributed by atoms with Crippen LogP contribution in [0.4, 0.5) is 11.5 Å². The van der Waals surface area contributed by atoms with Crippen molar-refractivity contribution in [2.45, 2.75) is 33.6 Å². The first-order chi connectivity index (χ1) is 12.2. The summed E-state index contributed by atoms with van der Waals surface area (Å²) in [7, 11) is 0. The fourth-order valence-corrected chi connectivity index (χ4v) is 2.66. The number of rotatable bonds is 9. The van der Waals surface area contributed by atoms with Gasteiger partial charge in [0, 0.05) is 24.8 Å². The molecule has 5 heteroatoms. The third-order valence-electron chi connectivity index (χ3n) is 3.75. The van der Waals surface area contributed by atoms with Gasteiger partial charge in [0.15, 0.2) is 0 Å². The van der Waals surface area contributed by atoms with Crippen LogP contribution in [0, 0.1) is 0 Å². The number of carbonyl (C=O) groups is 1. The molecule has 5 nitrogen and oxygen atoms in total. The minimum atomic E-state index is -0.163. The third-order valence-corrected chi connectivity index (χ3v) is 3.75. The van der Waals surface area contributed by atoms with Crippen LogP contribution in [-0.4, -0.2) is 30.6 Å². The maximum absolute atomic E-state index is 12.6. The Morgan fingerprint density at radius 1 is 1.12 bits per heavy atom. The number of benzene rings is 1. The molecule has 0 aliphatic heterocycles. The molecule has 1 aromatic heterocycles. The summed E-state index contributed by atoms with van der Waals surface area (Å²) in [6, 6.07) is 11.0. The number of pyridine rings is 1. The lowest BCUT2D eigenvalue weighted by Crippen LogP contribution is -2.26.